The first kappa shape index (κ1) is 13.5. The zero-order chi connectivity index (χ0) is 13.6. The van der Waals surface area contributed by atoms with Crippen LogP contribution in [-0.4, -0.2) is 23.3 Å². The third kappa shape index (κ3) is 1.53. The van der Waals surface area contributed by atoms with E-state index in [-0.39, 0.29) is 16.9 Å². The highest BCUT2D eigenvalue weighted by Crippen LogP contribution is 2.60. The topological polar surface area (TPSA) is 54.4 Å². The highest BCUT2D eigenvalue weighted by Gasteiger charge is 2.60. The highest BCUT2D eigenvalue weighted by molar-refractivity contribution is 5.88. The molecule has 0 bridgehead atoms. The Morgan fingerprint density at radius 2 is 1.94 bits per heavy atom. The third-order valence-electron chi connectivity index (χ3n) is 5.41. The number of carbonyl (C=O) groups excluding carboxylic acids is 2. The molecule has 1 N–H and O–H groups in total. The zero-order valence-corrected chi connectivity index (χ0v) is 11.4. The summed E-state index contributed by atoms with van der Waals surface area (Å²) in [6, 6.07) is 0. The van der Waals surface area contributed by atoms with Gasteiger partial charge in [-0.1, -0.05) is 33.3 Å². The van der Waals surface area contributed by atoms with Crippen molar-refractivity contribution in [1.82, 2.24) is 0 Å². The van der Waals surface area contributed by atoms with E-state index in [4.69, 9.17) is 0 Å². The van der Waals surface area contributed by atoms with Crippen LogP contribution in [0.2, 0.25) is 0 Å². The highest BCUT2D eigenvalue weighted by atomic mass is 16.3. The molecule has 0 aromatic carbocycles. The Bertz CT molecular complexity index is 410. The largest absolute Gasteiger partial charge is 0.377 e. The molecule has 1 saturated carbocycles. The Hall–Kier alpha value is -0.960. The van der Waals surface area contributed by atoms with Gasteiger partial charge in [-0.15, -0.1) is 0 Å². The number of hydrogen-bond acceptors (Lipinski definition) is 3. The van der Waals surface area contributed by atoms with Gasteiger partial charge in [0.15, 0.2) is 11.9 Å². The van der Waals surface area contributed by atoms with Gasteiger partial charge in [0.05, 0.1) is 0 Å². The molecule has 0 spiro atoms. The van der Waals surface area contributed by atoms with Crippen LogP contribution in [0.1, 0.15) is 46.5 Å². The second kappa shape index (κ2) is 4.02. The van der Waals surface area contributed by atoms with Crippen molar-refractivity contribution in [3.05, 3.63) is 11.6 Å². The Balaban J connectivity index is 2.57. The second-order valence-electron chi connectivity index (χ2n) is 6.71. The maximum atomic E-state index is 11.5. The molecule has 0 saturated heterocycles. The Kier molecular flexibility index (Phi) is 3.01. The summed E-state index contributed by atoms with van der Waals surface area (Å²) >= 11 is 0. The number of rotatable bonds is 2. The number of hydrogen-bond donors (Lipinski definition) is 1. The lowest BCUT2D eigenvalue weighted by Crippen LogP contribution is -2.60. The van der Waals surface area contributed by atoms with Crippen LogP contribution in [-0.2, 0) is 9.59 Å². The van der Waals surface area contributed by atoms with Gasteiger partial charge in [-0.3, -0.25) is 9.59 Å². The summed E-state index contributed by atoms with van der Waals surface area (Å²) in [7, 11) is 0. The number of carbonyl (C=O) groups is 2. The smallest absolute Gasteiger partial charge is 0.156 e. The van der Waals surface area contributed by atoms with Gasteiger partial charge in [0, 0.05) is 11.0 Å². The van der Waals surface area contributed by atoms with Gasteiger partial charge in [0.1, 0.15) is 6.29 Å². The minimum absolute atomic E-state index is 0.0922. The van der Waals surface area contributed by atoms with Crippen LogP contribution in [0.15, 0.2) is 11.6 Å². The van der Waals surface area contributed by atoms with Crippen LogP contribution in [0, 0.1) is 16.7 Å². The number of allylic oxidation sites excluding steroid dienone is 1. The van der Waals surface area contributed by atoms with Crippen molar-refractivity contribution in [2.45, 2.75) is 52.1 Å². The number of fused-ring (bicyclic) bond motifs is 1. The zero-order valence-electron chi connectivity index (χ0n) is 11.4. The second-order valence-corrected chi connectivity index (χ2v) is 6.71. The van der Waals surface area contributed by atoms with Gasteiger partial charge in [-0.2, -0.15) is 0 Å². The molecule has 0 aromatic rings. The summed E-state index contributed by atoms with van der Waals surface area (Å²) < 4.78 is 0. The van der Waals surface area contributed by atoms with E-state index in [1.807, 2.05) is 6.92 Å². The van der Waals surface area contributed by atoms with Crippen LogP contribution < -0.4 is 0 Å². The van der Waals surface area contributed by atoms with Crippen LogP contribution in [0.5, 0.6) is 0 Å². The molecule has 0 radical (unpaired) electrons. The molecular formula is C15H22O3. The van der Waals surface area contributed by atoms with E-state index in [9.17, 15) is 14.7 Å². The maximum absolute atomic E-state index is 11.5. The maximum Gasteiger partial charge on any atom is 0.156 e. The lowest BCUT2D eigenvalue weighted by Gasteiger charge is -2.58. The SMILES string of the molecule is CC1(C)CCC[C@]2(C)[C@@H]1CC=C(C=O)[C@@]2(O)C=O. The van der Waals surface area contributed by atoms with E-state index in [1.54, 1.807) is 6.08 Å². The van der Waals surface area contributed by atoms with Gasteiger partial charge in [-0.25, -0.2) is 0 Å². The number of aldehydes is 2. The molecule has 2 aliphatic rings. The fraction of sp³-hybridized carbons (Fsp3) is 0.733. The minimum atomic E-state index is -1.62. The Morgan fingerprint density at radius 3 is 2.50 bits per heavy atom. The first-order chi connectivity index (χ1) is 8.32. The van der Waals surface area contributed by atoms with Crippen molar-refractivity contribution in [2.75, 3.05) is 0 Å². The van der Waals surface area contributed by atoms with Crippen molar-refractivity contribution in [3.63, 3.8) is 0 Å². The summed E-state index contributed by atoms with van der Waals surface area (Å²) in [5.41, 5.74) is -1.81. The van der Waals surface area contributed by atoms with Crippen molar-refractivity contribution < 1.29 is 14.7 Å². The van der Waals surface area contributed by atoms with Crippen LogP contribution in [0.25, 0.3) is 0 Å². The molecule has 0 heterocycles. The average Bonchev–Trinajstić information content (AvgIpc) is 2.31. The van der Waals surface area contributed by atoms with Gasteiger partial charge < -0.3 is 5.11 Å². The van der Waals surface area contributed by atoms with Crippen molar-refractivity contribution in [2.24, 2.45) is 16.7 Å². The molecule has 1 fully saturated rings. The fourth-order valence-electron chi connectivity index (χ4n) is 4.23. The van der Waals surface area contributed by atoms with Gasteiger partial charge in [0.25, 0.3) is 0 Å². The Morgan fingerprint density at radius 1 is 1.28 bits per heavy atom. The van der Waals surface area contributed by atoms with Crippen LogP contribution in [0.4, 0.5) is 0 Å². The van der Waals surface area contributed by atoms with Crippen LogP contribution in [0.3, 0.4) is 0 Å². The summed E-state index contributed by atoms with van der Waals surface area (Å²) in [4.78, 5) is 22.6. The minimum Gasteiger partial charge on any atom is -0.377 e. The molecule has 2 aliphatic carbocycles. The average molecular weight is 250 g/mol. The fourth-order valence-corrected chi connectivity index (χ4v) is 4.23. The molecule has 0 aromatic heterocycles. The molecule has 0 unspecified atom stereocenters. The monoisotopic (exact) mass is 250 g/mol. The van der Waals surface area contributed by atoms with Crippen molar-refractivity contribution in [1.29, 1.82) is 0 Å². The standard InChI is InChI=1S/C15H22O3/c1-13(2)7-4-8-14(3)12(13)6-5-11(9-16)15(14,18)10-17/h5,9-10,12,18H,4,6-8H2,1-3H3/t12-,14-,15+/m1/s1. The molecule has 2 rings (SSSR count). The summed E-state index contributed by atoms with van der Waals surface area (Å²) in [6.45, 7) is 6.35. The quantitative estimate of drug-likeness (QED) is 0.765. The lowest BCUT2D eigenvalue weighted by molar-refractivity contribution is -0.158. The lowest BCUT2D eigenvalue weighted by atomic mass is 9.47. The number of aliphatic hydroxyl groups is 1. The van der Waals surface area contributed by atoms with Gasteiger partial charge >= 0.3 is 0 Å². The van der Waals surface area contributed by atoms with Crippen molar-refractivity contribution >= 4 is 12.6 Å². The molecular weight excluding hydrogens is 228 g/mol. The predicted octanol–water partition coefficient (Wildman–Crippen LogP) is 2.28. The van der Waals surface area contributed by atoms with E-state index in [0.717, 1.165) is 25.7 Å². The van der Waals surface area contributed by atoms with E-state index in [0.29, 0.717) is 12.6 Å². The normalized spacial score (nSPS) is 42.7. The summed E-state index contributed by atoms with van der Waals surface area (Å²) in [5.74, 6) is 0.234. The predicted molar refractivity (Wildman–Crippen MR) is 69.0 cm³/mol. The van der Waals surface area contributed by atoms with E-state index >= 15 is 0 Å². The van der Waals surface area contributed by atoms with Crippen LogP contribution >= 0.6 is 0 Å². The van der Waals surface area contributed by atoms with E-state index in [1.165, 1.54) is 0 Å². The first-order valence-electron chi connectivity index (χ1n) is 6.66. The molecule has 3 atom stereocenters. The molecule has 3 nitrogen and oxygen atoms in total. The van der Waals surface area contributed by atoms with Gasteiger partial charge in [-0.05, 0) is 30.6 Å². The molecule has 3 heteroatoms. The molecule has 100 valence electrons. The van der Waals surface area contributed by atoms with Gasteiger partial charge in [0.2, 0.25) is 0 Å². The van der Waals surface area contributed by atoms with E-state index < -0.39 is 11.0 Å². The molecule has 18 heavy (non-hydrogen) atoms. The Labute approximate surface area is 108 Å². The third-order valence-corrected chi connectivity index (χ3v) is 5.41. The summed E-state index contributed by atoms with van der Waals surface area (Å²) in [5, 5.41) is 10.8. The molecule has 0 aliphatic heterocycles. The van der Waals surface area contributed by atoms with Crippen molar-refractivity contribution in [3.8, 4) is 0 Å². The first-order valence-corrected chi connectivity index (χ1v) is 6.66. The summed E-state index contributed by atoms with van der Waals surface area (Å²) in [6.07, 6.45) is 6.61. The molecule has 0 amide bonds. The van der Waals surface area contributed by atoms with E-state index in [2.05, 4.69) is 13.8 Å².